The summed E-state index contributed by atoms with van der Waals surface area (Å²) in [5.74, 6) is 0. The summed E-state index contributed by atoms with van der Waals surface area (Å²) in [7, 11) is 0. The summed E-state index contributed by atoms with van der Waals surface area (Å²) < 4.78 is 9.25. The highest BCUT2D eigenvalue weighted by atomic mass is 32.1. The van der Waals surface area contributed by atoms with Crippen LogP contribution in [0, 0.1) is 0 Å². The van der Waals surface area contributed by atoms with E-state index in [-0.39, 0.29) is 0 Å². The average Bonchev–Trinajstić information content (AvgIpc) is 3.72. The Bertz CT molecular complexity index is 2790. The molecule has 47 heavy (non-hydrogen) atoms. The molecular weight excluding hydrogens is 591 g/mol. The molecule has 0 fully saturated rings. The largest absolute Gasteiger partial charge is 0.455 e. The third kappa shape index (κ3) is 4.10. The van der Waals surface area contributed by atoms with Crippen LogP contribution in [-0.2, 0) is 0 Å². The minimum atomic E-state index is 0.957. The van der Waals surface area contributed by atoms with Gasteiger partial charge in [0.1, 0.15) is 11.2 Å². The van der Waals surface area contributed by atoms with Crippen LogP contribution in [-0.4, -0.2) is 0 Å². The summed E-state index contributed by atoms with van der Waals surface area (Å²) in [5, 5.41) is 9.57. The third-order valence-electron chi connectivity index (χ3n) is 9.43. The van der Waals surface area contributed by atoms with Crippen LogP contribution in [0.3, 0.4) is 0 Å². The number of hydrogen-bond acceptors (Lipinski definition) is 3. The van der Waals surface area contributed by atoms with Gasteiger partial charge in [0.25, 0.3) is 0 Å². The normalized spacial score (nSPS) is 11.8. The van der Waals surface area contributed by atoms with E-state index in [2.05, 4.69) is 169 Å². The summed E-state index contributed by atoms with van der Waals surface area (Å²) in [4.78, 5) is 2.38. The van der Waals surface area contributed by atoms with Crippen molar-refractivity contribution in [2.75, 3.05) is 4.90 Å². The lowest BCUT2D eigenvalue weighted by atomic mass is 10.0. The molecule has 10 aromatic rings. The van der Waals surface area contributed by atoms with Crippen LogP contribution >= 0.6 is 11.3 Å². The first-order valence-electron chi connectivity index (χ1n) is 15.9. The molecule has 0 aliphatic heterocycles. The van der Waals surface area contributed by atoms with Crippen molar-refractivity contribution in [3.63, 3.8) is 0 Å². The van der Waals surface area contributed by atoms with Gasteiger partial charge < -0.3 is 9.32 Å². The molecule has 2 aromatic heterocycles. The molecular formula is C44H27NOS. The number of anilines is 3. The second-order valence-electron chi connectivity index (χ2n) is 12.1. The smallest absolute Gasteiger partial charge is 0.144 e. The lowest BCUT2D eigenvalue weighted by Crippen LogP contribution is -2.09. The molecule has 0 saturated heterocycles. The Morgan fingerprint density at radius 2 is 1.09 bits per heavy atom. The highest BCUT2D eigenvalue weighted by molar-refractivity contribution is 7.26. The summed E-state index contributed by atoms with van der Waals surface area (Å²) >= 11 is 1.83. The summed E-state index contributed by atoms with van der Waals surface area (Å²) in [5.41, 5.74) is 7.73. The van der Waals surface area contributed by atoms with E-state index < -0.39 is 0 Å². The Morgan fingerprint density at radius 3 is 1.96 bits per heavy atom. The second-order valence-corrected chi connectivity index (χ2v) is 13.2. The number of nitrogens with zero attached hydrogens (tertiary/aromatic N) is 1. The van der Waals surface area contributed by atoms with Gasteiger partial charge in [-0.3, -0.25) is 0 Å². The van der Waals surface area contributed by atoms with E-state index in [1.54, 1.807) is 0 Å². The molecule has 0 bridgehead atoms. The van der Waals surface area contributed by atoms with Crippen LogP contribution < -0.4 is 4.90 Å². The summed E-state index contributed by atoms with van der Waals surface area (Å²) in [6.45, 7) is 0. The zero-order valence-electron chi connectivity index (χ0n) is 25.4. The van der Waals surface area contributed by atoms with Gasteiger partial charge in [0.05, 0.1) is 10.4 Å². The third-order valence-corrected chi connectivity index (χ3v) is 10.6. The Kier molecular flexibility index (Phi) is 5.78. The maximum absolute atomic E-state index is 6.79. The quantitative estimate of drug-likeness (QED) is 0.195. The van der Waals surface area contributed by atoms with E-state index in [0.29, 0.717) is 0 Å². The lowest BCUT2D eigenvalue weighted by molar-refractivity contribution is 0.677. The number of benzene rings is 8. The van der Waals surface area contributed by atoms with Crippen LogP contribution in [0.15, 0.2) is 168 Å². The lowest BCUT2D eigenvalue weighted by Gasteiger charge is -2.26. The predicted octanol–water partition coefficient (Wildman–Crippen LogP) is 13.4. The molecule has 0 unspecified atom stereocenters. The Morgan fingerprint density at radius 1 is 0.426 bits per heavy atom. The van der Waals surface area contributed by atoms with E-state index in [1.165, 1.54) is 47.5 Å². The number of fused-ring (bicyclic) bond motifs is 10. The molecule has 0 atom stereocenters. The molecule has 0 N–H and O–H groups in total. The molecule has 0 aliphatic carbocycles. The first kappa shape index (κ1) is 26.3. The van der Waals surface area contributed by atoms with Crippen molar-refractivity contribution in [1.82, 2.24) is 0 Å². The van der Waals surface area contributed by atoms with Crippen molar-refractivity contribution in [1.29, 1.82) is 0 Å². The van der Waals surface area contributed by atoms with Gasteiger partial charge in [-0.15, -0.1) is 11.3 Å². The minimum absolute atomic E-state index is 0.957. The number of thiophene rings is 1. The van der Waals surface area contributed by atoms with Crippen LogP contribution in [0.4, 0.5) is 17.1 Å². The fraction of sp³-hybridized carbons (Fsp3) is 0. The fourth-order valence-electron chi connectivity index (χ4n) is 7.18. The van der Waals surface area contributed by atoms with E-state index in [1.807, 2.05) is 11.3 Å². The molecule has 8 aromatic carbocycles. The first-order valence-corrected chi connectivity index (χ1v) is 16.7. The van der Waals surface area contributed by atoms with Crippen LogP contribution in [0.2, 0.25) is 0 Å². The molecule has 0 radical (unpaired) electrons. The summed E-state index contributed by atoms with van der Waals surface area (Å²) in [6.07, 6.45) is 0. The maximum atomic E-state index is 6.79. The molecule has 0 amide bonds. The van der Waals surface area contributed by atoms with E-state index in [0.717, 1.165) is 44.4 Å². The molecule has 2 nitrogen and oxygen atoms in total. The standard InChI is InChI=1S/C44H27NOS/c1-2-12-33(13-3-1)45(34-22-19-29(20-23-34)32-18-17-28-9-4-5-11-31(28)27-32)39-16-8-15-38-41-40(47-44(38)39)26-25-37-36-24-21-30-10-6-7-14-35(30)42(36)46-43(37)41/h1-27H. The number of hydrogen-bond donors (Lipinski definition) is 0. The topological polar surface area (TPSA) is 16.4 Å². The van der Waals surface area contributed by atoms with Gasteiger partial charge in [-0.2, -0.15) is 0 Å². The van der Waals surface area contributed by atoms with Crippen molar-refractivity contribution in [2.45, 2.75) is 0 Å². The summed E-state index contributed by atoms with van der Waals surface area (Å²) in [6, 6.07) is 58.9. The maximum Gasteiger partial charge on any atom is 0.144 e. The van der Waals surface area contributed by atoms with Crippen LogP contribution in [0.25, 0.3) is 74.8 Å². The molecule has 0 spiro atoms. The van der Waals surface area contributed by atoms with E-state index in [9.17, 15) is 0 Å². The Labute approximate surface area is 275 Å². The number of rotatable bonds is 4. The van der Waals surface area contributed by atoms with E-state index >= 15 is 0 Å². The van der Waals surface area contributed by atoms with Gasteiger partial charge in [0.2, 0.25) is 0 Å². The zero-order chi connectivity index (χ0) is 30.9. The highest BCUT2D eigenvalue weighted by Crippen LogP contribution is 2.48. The van der Waals surface area contributed by atoms with Gasteiger partial charge in [0.15, 0.2) is 0 Å². The molecule has 0 aliphatic rings. The van der Waals surface area contributed by atoms with Crippen molar-refractivity contribution in [3.8, 4) is 11.1 Å². The molecule has 10 rings (SSSR count). The van der Waals surface area contributed by atoms with Gasteiger partial charge in [-0.25, -0.2) is 0 Å². The Balaban J connectivity index is 1.16. The monoisotopic (exact) mass is 617 g/mol. The fourth-order valence-corrected chi connectivity index (χ4v) is 8.39. The molecule has 220 valence electrons. The number of para-hydroxylation sites is 1. The number of furan rings is 1. The predicted molar refractivity (Wildman–Crippen MR) is 202 cm³/mol. The van der Waals surface area contributed by atoms with E-state index in [4.69, 9.17) is 4.42 Å². The van der Waals surface area contributed by atoms with Crippen molar-refractivity contribution in [3.05, 3.63) is 164 Å². The van der Waals surface area contributed by atoms with Gasteiger partial charge in [0, 0.05) is 43.0 Å². The van der Waals surface area contributed by atoms with Crippen molar-refractivity contribution in [2.24, 2.45) is 0 Å². The minimum Gasteiger partial charge on any atom is -0.455 e. The van der Waals surface area contributed by atoms with Gasteiger partial charge in [-0.1, -0.05) is 109 Å². The second kappa shape index (κ2) is 10.3. The SMILES string of the molecule is c1ccc(N(c2ccc(-c3ccc4ccccc4c3)cc2)c2cccc3c2sc2ccc4c5ccc6ccccc6c5oc4c23)cc1. The van der Waals surface area contributed by atoms with Crippen LogP contribution in [0.1, 0.15) is 0 Å². The first-order chi connectivity index (χ1) is 23.3. The van der Waals surface area contributed by atoms with Crippen molar-refractivity contribution >= 4 is 92.1 Å². The molecule has 2 heterocycles. The Hall–Kier alpha value is -5.90. The van der Waals surface area contributed by atoms with Gasteiger partial charge >= 0.3 is 0 Å². The zero-order valence-corrected chi connectivity index (χ0v) is 26.2. The molecule has 3 heteroatoms. The van der Waals surface area contributed by atoms with Crippen molar-refractivity contribution < 1.29 is 4.42 Å². The average molecular weight is 618 g/mol. The highest BCUT2D eigenvalue weighted by Gasteiger charge is 2.21. The molecule has 0 saturated carbocycles. The van der Waals surface area contributed by atoms with Crippen LogP contribution in [0.5, 0.6) is 0 Å². The van der Waals surface area contributed by atoms with Gasteiger partial charge in [-0.05, 0) is 81.9 Å².